The summed E-state index contributed by atoms with van der Waals surface area (Å²) >= 11 is 3.65. The SMILES string of the molecule is CCNC1CCC(C)(Cc2cc(Br)cc3c2OCC3)C1. The average molecular weight is 338 g/mol. The predicted molar refractivity (Wildman–Crippen MR) is 86.5 cm³/mol. The van der Waals surface area contributed by atoms with Gasteiger partial charge in [0.05, 0.1) is 6.61 Å². The zero-order valence-corrected chi connectivity index (χ0v) is 14.1. The molecule has 2 unspecified atom stereocenters. The van der Waals surface area contributed by atoms with Crippen molar-refractivity contribution in [2.75, 3.05) is 13.2 Å². The van der Waals surface area contributed by atoms with E-state index >= 15 is 0 Å². The number of nitrogens with one attached hydrogen (secondary N) is 1. The first-order chi connectivity index (χ1) is 9.59. The number of hydrogen-bond acceptors (Lipinski definition) is 2. The Kier molecular flexibility index (Phi) is 4.09. The van der Waals surface area contributed by atoms with Gasteiger partial charge in [-0.05, 0) is 60.9 Å². The summed E-state index contributed by atoms with van der Waals surface area (Å²) in [5.41, 5.74) is 3.18. The Bertz CT molecular complexity index is 502. The molecule has 1 aromatic carbocycles. The van der Waals surface area contributed by atoms with Gasteiger partial charge in [-0.15, -0.1) is 0 Å². The Morgan fingerprint density at radius 1 is 1.45 bits per heavy atom. The number of halogens is 1. The van der Waals surface area contributed by atoms with E-state index in [2.05, 4.69) is 47.2 Å². The van der Waals surface area contributed by atoms with Crippen LogP contribution in [-0.2, 0) is 12.8 Å². The largest absolute Gasteiger partial charge is 0.493 e. The molecular formula is C17H24BrNO. The van der Waals surface area contributed by atoms with Gasteiger partial charge in [-0.25, -0.2) is 0 Å². The van der Waals surface area contributed by atoms with E-state index in [1.54, 1.807) is 0 Å². The molecule has 1 heterocycles. The van der Waals surface area contributed by atoms with Crippen LogP contribution < -0.4 is 10.1 Å². The molecule has 110 valence electrons. The molecule has 0 aromatic heterocycles. The molecule has 0 saturated heterocycles. The number of benzene rings is 1. The molecule has 1 aromatic rings. The third-order valence-electron chi connectivity index (χ3n) is 4.77. The van der Waals surface area contributed by atoms with Crippen LogP contribution in [0.3, 0.4) is 0 Å². The highest BCUT2D eigenvalue weighted by Gasteiger charge is 2.36. The summed E-state index contributed by atoms with van der Waals surface area (Å²) in [5.74, 6) is 1.17. The maximum absolute atomic E-state index is 5.88. The summed E-state index contributed by atoms with van der Waals surface area (Å²) in [4.78, 5) is 0. The summed E-state index contributed by atoms with van der Waals surface area (Å²) in [6, 6.07) is 5.17. The number of fused-ring (bicyclic) bond motifs is 1. The highest BCUT2D eigenvalue weighted by atomic mass is 79.9. The van der Waals surface area contributed by atoms with Gasteiger partial charge in [-0.2, -0.15) is 0 Å². The van der Waals surface area contributed by atoms with Gasteiger partial charge < -0.3 is 10.1 Å². The third kappa shape index (κ3) is 2.89. The van der Waals surface area contributed by atoms with Crippen molar-refractivity contribution in [3.8, 4) is 5.75 Å². The molecule has 2 nitrogen and oxygen atoms in total. The van der Waals surface area contributed by atoms with Crippen LogP contribution in [0.25, 0.3) is 0 Å². The van der Waals surface area contributed by atoms with Crippen LogP contribution in [0.4, 0.5) is 0 Å². The van der Waals surface area contributed by atoms with E-state index in [4.69, 9.17) is 4.74 Å². The number of ether oxygens (including phenoxy) is 1. The minimum atomic E-state index is 0.410. The fourth-order valence-electron chi connectivity index (χ4n) is 3.88. The topological polar surface area (TPSA) is 21.3 Å². The molecule has 20 heavy (non-hydrogen) atoms. The lowest BCUT2D eigenvalue weighted by atomic mass is 9.81. The van der Waals surface area contributed by atoms with Gasteiger partial charge in [0.2, 0.25) is 0 Å². The van der Waals surface area contributed by atoms with Gasteiger partial charge in [0.25, 0.3) is 0 Å². The predicted octanol–water partition coefficient (Wildman–Crippen LogP) is 4.09. The molecule has 0 radical (unpaired) electrons. The molecule has 1 aliphatic carbocycles. The first-order valence-corrected chi connectivity index (χ1v) is 8.56. The lowest BCUT2D eigenvalue weighted by molar-refractivity contribution is 0.309. The van der Waals surface area contributed by atoms with E-state index in [1.807, 2.05) is 0 Å². The third-order valence-corrected chi connectivity index (χ3v) is 5.23. The lowest BCUT2D eigenvalue weighted by Gasteiger charge is -2.25. The van der Waals surface area contributed by atoms with Crippen molar-refractivity contribution in [2.24, 2.45) is 5.41 Å². The zero-order chi connectivity index (χ0) is 14.2. The molecule has 2 atom stereocenters. The minimum Gasteiger partial charge on any atom is -0.493 e. The molecule has 1 saturated carbocycles. The zero-order valence-electron chi connectivity index (χ0n) is 12.5. The van der Waals surface area contributed by atoms with Crippen LogP contribution >= 0.6 is 15.9 Å². The molecule has 3 rings (SSSR count). The quantitative estimate of drug-likeness (QED) is 0.893. The van der Waals surface area contributed by atoms with E-state index in [9.17, 15) is 0 Å². The van der Waals surface area contributed by atoms with Crippen molar-refractivity contribution in [1.82, 2.24) is 5.32 Å². The van der Waals surface area contributed by atoms with Crippen LogP contribution in [0.5, 0.6) is 5.75 Å². The normalized spacial score (nSPS) is 28.4. The lowest BCUT2D eigenvalue weighted by Crippen LogP contribution is -2.28. The monoisotopic (exact) mass is 337 g/mol. The van der Waals surface area contributed by atoms with Gasteiger partial charge >= 0.3 is 0 Å². The van der Waals surface area contributed by atoms with Gasteiger partial charge in [-0.1, -0.05) is 29.8 Å². The van der Waals surface area contributed by atoms with E-state index in [0.717, 1.165) is 26.0 Å². The number of hydrogen-bond donors (Lipinski definition) is 1. The highest BCUT2D eigenvalue weighted by Crippen LogP contribution is 2.44. The average Bonchev–Trinajstić information content (AvgIpc) is 2.97. The van der Waals surface area contributed by atoms with Crippen molar-refractivity contribution in [3.63, 3.8) is 0 Å². The molecule has 0 bridgehead atoms. The van der Waals surface area contributed by atoms with E-state index in [0.29, 0.717) is 11.5 Å². The van der Waals surface area contributed by atoms with Crippen LogP contribution in [0, 0.1) is 5.41 Å². The van der Waals surface area contributed by atoms with E-state index < -0.39 is 0 Å². The van der Waals surface area contributed by atoms with Gasteiger partial charge in [0, 0.05) is 16.9 Å². The fraction of sp³-hybridized carbons (Fsp3) is 0.647. The molecule has 0 spiro atoms. The summed E-state index contributed by atoms with van der Waals surface area (Å²) in [6.45, 7) is 6.56. The van der Waals surface area contributed by atoms with Crippen LogP contribution in [0.2, 0.25) is 0 Å². The molecule has 0 amide bonds. The summed E-state index contributed by atoms with van der Waals surface area (Å²) in [5, 5.41) is 3.61. The van der Waals surface area contributed by atoms with E-state index in [1.165, 1.54) is 40.6 Å². The van der Waals surface area contributed by atoms with Crippen LogP contribution in [0.1, 0.15) is 44.2 Å². The van der Waals surface area contributed by atoms with Crippen molar-refractivity contribution >= 4 is 15.9 Å². The summed E-state index contributed by atoms with van der Waals surface area (Å²) in [7, 11) is 0. The molecule has 1 N–H and O–H groups in total. The van der Waals surface area contributed by atoms with Crippen molar-refractivity contribution in [1.29, 1.82) is 0 Å². The fourth-order valence-corrected chi connectivity index (χ4v) is 4.43. The molecule has 3 heteroatoms. The molecule has 1 fully saturated rings. The van der Waals surface area contributed by atoms with E-state index in [-0.39, 0.29) is 0 Å². The summed E-state index contributed by atoms with van der Waals surface area (Å²) < 4.78 is 7.07. The maximum atomic E-state index is 5.88. The minimum absolute atomic E-state index is 0.410. The second-order valence-electron chi connectivity index (χ2n) is 6.64. The Morgan fingerprint density at radius 2 is 2.30 bits per heavy atom. The standard InChI is InChI=1S/C17H24BrNO/c1-3-19-15-4-6-17(2,11-15)10-13-9-14(18)8-12-5-7-20-16(12)13/h8-9,15,19H,3-7,10-11H2,1-2H3. The van der Waals surface area contributed by atoms with Gasteiger partial charge in [0.15, 0.2) is 0 Å². The Morgan fingerprint density at radius 3 is 3.10 bits per heavy atom. The van der Waals surface area contributed by atoms with Gasteiger partial charge in [-0.3, -0.25) is 0 Å². The summed E-state index contributed by atoms with van der Waals surface area (Å²) in [6.07, 6.45) is 6.09. The second-order valence-corrected chi connectivity index (χ2v) is 7.55. The first-order valence-electron chi connectivity index (χ1n) is 7.77. The Labute approximate surface area is 130 Å². The number of rotatable bonds is 4. The van der Waals surface area contributed by atoms with Crippen LogP contribution in [-0.4, -0.2) is 19.2 Å². The Balaban J connectivity index is 1.78. The van der Waals surface area contributed by atoms with Crippen molar-refractivity contribution in [2.45, 2.75) is 52.0 Å². The second kappa shape index (κ2) is 5.69. The van der Waals surface area contributed by atoms with Crippen molar-refractivity contribution < 1.29 is 4.74 Å². The molecule has 1 aliphatic heterocycles. The van der Waals surface area contributed by atoms with Gasteiger partial charge in [0.1, 0.15) is 5.75 Å². The molecule has 2 aliphatic rings. The molecular weight excluding hydrogens is 314 g/mol. The van der Waals surface area contributed by atoms with Crippen LogP contribution in [0.15, 0.2) is 16.6 Å². The van der Waals surface area contributed by atoms with Crippen molar-refractivity contribution in [3.05, 3.63) is 27.7 Å². The Hall–Kier alpha value is -0.540. The first kappa shape index (κ1) is 14.4. The maximum Gasteiger partial charge on any atom is 0.125 e. The smallest absolute Gasteiger partial charge is 0.125 e. The highest BCUT2D eigenvalue weighted by molar-refractivity contribution is 9.10.